The van der Waals surface area contributed by atoms with Crippen LogP contribution in [0, 0.1) is 22.7 Å². The molecule has 0 N–H and O–H groups in total. The number of hydrogen-bond donors (Lipinski definition) is 0. The maximum Gasteiger partial charge on any atom is 0.333 e. The Bertz CT molecular complexity index is 1220. The van der Waals surface area contributed by atoms with Crippen molar-refractivity contribution in [3.05, 3.63) is 77.4 Å². The molecule has 0 saturated carbocycles. The van der Waals surface area contributed by atoms with E-state index in [4.69, 9.17) is 4.74 Å². The van der Waals surface area contributed by atoms with E-state index >= 15 is 0 Å². The summed E-state index contributed by atoms with van der Waals surface area (Å²) in [6.07, 6.45) is 2.14. The van der Waals surface area contributed by atoms with Gasteiger partial charge in [0.05, 0.1) is 12.3 Å². The van der Waals surface area contributed by atoms with Gasteiger partial charge in [0.2, 0.25) is 0 Å². The van der Waals surface area contributed by atoms with Gasteiger partial charge in [0, 0.05) is 35.5 Å². The Morgan fingerprint density at radius 2 is 1.83 bits per heavy atom. The quantitative estimate of drug-likeness (QED) is 0.336. The number of aryl methyl sites for hydroxylation is 1. The Hall–Kier alpha value is -4.09. The molecule has 0 atom stereocenters. The van der Waals surface area contributed by atoms with Crippen LogP contribution >= 0.6 is 0 Å². The summed E-state index contributed by atoms with van der Waals surface area (Å²) < 4.78 is 7.34. The summed E-state index contributed by atoms with van der Waals surface area (Å²) in [4.78, 5) is 11.7. The van der Waals surface area contributed by atoms with Gasteiger partial charge in [-0.2, -0.15) is 10.5 Å². The fourth-order valence-electron chi connectivity index (χ4n) is 3.50. The van der Waals surface area contributed by atoms with E-state index in [9.17, 15) is 15.3 Å². The van der Waals surface area contributed by atoms with Gasteiger partial charge in [0.25, 0.3) is 0 Å². The highest BCUT2D eigenvalue weighted by atomic mass is 16.5. The molecule has 0 bridgehead atoms. The molecule has 3 rings (SSSR count). The summed E-state index contributed by atoms with van der Waals surface area (Å²) in [6, 6.07) is 19.7. The van der Waals surface area contributed by atoms with Crippen molar-refractivity contribution >= 4 is 22.9 Å². The first-order valence-corrected chi connectivity index (χ1v) is 9.48. The van der Waals surface area contributed by atoms with Gasteiger partial charge >= 0.3 is 5.97 Å². The minimum Gasteiger partial charge on any atom is -0.462 e. The van der Waals surface area contributed by atoms with Crippen LogP contribution in [0.4, 0.5) is 0 Å². The van der Waals surface area contributed by atoms with E-state index in [1.807, 2.05) is 67.7 Å². The second kappa shape index (κ2) is 8.94. The molecule has 148 valence electrons. The van der Waals surface area contributed by atoms with Crippen LogP contribution in [-0.4, -0.2) is 17.1 Å². The van der Waals surface area contributed by atoms with Crippen molar-refractivity contribution in [3.8, 4) is 23.4 Å². The largest absolute Gasteiger partial charge is 0.462 e. The highest BCUT2D eigenvalue weighted by molar-refractivity contribution is 6.00. The van der Waals surface area contributed by atoms with Crippen LogP contribution in [0.3, 0.4) is 0 Å². The first-order chi connectivity index (χ1) is 14.5. The number of nitriles is 2. The monoisotopic (exact) mass is 395 g/mol. The molecule has 3 aromatic rings. The van der Waals surface area contributed by atoms with Gasteiger partial charge in [-0.05, 0) is 30.2 Å². The van der Waals surface area contributed by atoms with Crippen LogP contribution < -0.4 is 0 Å². The first kappa shape index (κ1) is 20.6. The van der Waals surface area contributed by atoms with Crippen molar-refractivity contribution in [2.75, 3.05) is 6.61 Å². The lowest BCUT2D eigenvalue weighted by molar-refractivity contribution is -0.138. The average Bonchev–Trinajstić information content (AvgIpc) is 3.04. The Balaban J connectivity index is 2.20. The molecule has 0 aliphatic carbocycles. The molecule has 30 heavy (non-hydrogen) atoms. The van der Waals surface area contributed by atoms with Crippen LogP contribution in [0.2, 0.25) is 0 Å². The molecule has 0 amide bonds. The zero-order valence-corrected chi connectivity index (χ0v) is 17.0. The number of nitrogens with zero attached hydrogens (tertiary/aromatic N) is 3. The number of ether oxygens (including phenoxy) is 1. The fourth-order valence-corrected chi connectivity index (χ4v) is 3.50. The molecule has 1 aromatic heterocycles. The lowest BCUT2D eigenvalue weighted by Crippen LogP contribution is -2.08. The highest BCUT2D eigenvalue weighted by Crippen LogP contribution is 2.36. The normalized spacial score (nSPS) is 10.1. The predicted molar refractivity (Wildman–Crippen MR) is 117 cm³/mol. The highest BCUT2D eigenvalue weighted by Gasteiger charge is 2.18. The minimum atomic E-state index is -0.420. The third-order valence-corrected chi connectivity index (χ3v) is 4.88. The Kier molecular flexibility index (Phi) is 6.15. The summed E-state index contributed by atoms with van der Waals surface area (Å²) in [7, 11) is 1.96. The lowest BCUT2D eigenvalue weighted by Gasteiger charge is -2.07. The molecule has 0 aliphatic heterocycles. The van der Waals surface area contributed by atoms with Gasteiger partial charge in [-0.15, -0.1) is 0 Å². The molecule has 5 nitrogen and oxygen atoms in total. The van der Waals surface area contributed by atoms with Gasteiger partial charge < -0.3 is 9.30 Å². The molecule has 0 fully saturated rings. The number of esters is 1. The standard InChI is InChI=1S/C25H21N3O2/c1-17(2)25(29)30-13-12-19-10-7-11-22-23(19)21(14-18(15-26)16-27)24(28(22)3)20-8-5-4-6-9-20/h4-11,14H,1,12-13H2,2-3H3. The van der Waals surface area contributed by atoms with Gasteiger partial charge in [0.15, 0.2) is 0 Å². The van der Waals surface area contributed by atoms with Crippen molar-refractivity contribution in [2.45, 2.75) is 13.3 Å². The second-order valence-electron chi connectivity index (χ2n) is 6.95. The zero-order chi connectivity index (χ0) is 21.7. The van der Waals surface area contributed by atoms with Crippen molar-refractivity contribution in [2.24, 2.45) is 7.05 Å². The number of fused-ring (bicyclic) bond motifs is 1. The van der Waals surface area contributed by atoms with E-state index in [2.05, 4.69) is 11.1 Å². The Morgan fingerprint density at radius 1 is 1.13 bits per heavy atom. The molecule has 0 radical (unpaired) electrons. The molecule has 1 heterocycles. The van der Waals surface area contributed by atoms with E-state index in [0.29, 0.717) is 12.0 Å². The molecular weight excluding hydrogens is 374 g/mol. The number of carbonyl (C=O) groups excluding carboxylic acids is 1. The number of allylic oxidation sites excluding steroid dienone is 1. The first-order valence-electron chi connectivity index (χ1n) is 9.48. The summed E-state index contributed by atoms with van der Waals surface area (Å²) in [5.41, 5.74) is 5.04. The number of benzene rings is 2. The van der Waals surface area contributed by atoms with Crippen LogP contribution in [-0.2, 0) is 23.0 Å². The summed E-state index contributed by atoms with van der Waals surface area (Å²) in [5.74, 6) is -0.420. The SMILES string of the molecule is C=C(C)C(=O)OCCc1cccc2c1c(C=C(C#N)C#N)c(-c1ccccc1)n2C. The molecule has 5 heteroatoms. The van der Waals surface area contributed by atoms with Crippen LogP contribution in [0.15, 0.2) is 66.3 Å². The summed E-state index contributed by atoms with van der Waals surface area (Å²) in [6.45, 7) is 5.42. The summed E-state index contributed by atoms with van der Waals surface area (Å²) in [5, 5.41) is 19.6. The van der Waals surface area contributed by atoms with E-state index in [0.717, 1.165) is 33.3 Å². The third-order valence-electron chi connectivity index (χ3n) is 4.88. The maximum absolute atomic E-state index is 11.7. The lowest BCUT2D eigenvalue weighted by atomic mass is 9.98. The van der Waals surface area contributed by atoms with Crippen molar-refractivity contribution < 1.29 is 9.53 Å². The van der Waals surface area contributed by atoms with Crippen molar-refractivity contribution in [3.63, 3.8) is 0 Å². The van der Waals surface area contributed by atoms with E-state index < -0.39 is 5.97 Å². The van der Waals surface area contributed by atoms with Gasteiger partial charge in [-0.3, -0.25) is 0 Å². The minimum absolute atomic E-state index is 0.0307. The Morgan fingerprint density at radius 3 is 2.47 bits per heavy atom. The topological polar surface area (TPSA) is 78.8 Å². The molecule has 0 saturated heterocycles. The predicted octanol–water partition coefficient (Wildman–Crippen LogP) is 4.94. The van der Waals surface area contributed by atoms with Crippen LogP contribution in [0.25, 0.3) is 28.2 Å². The zero-order valence-electron chi connectivity index (χ0n) is 17.0. The van der Waals surface area contributed by atoms with Crippen LogP contribution in [0.1, 0.15) is 18.1 Å². The maximum atomic E-state index is 11.7. The van der Waals surface area contributed by atoms with Gasteiger partial charge in [0.1, 0.15) is 17.7 Å². The number of rotatable bonds is 6. The smallest absolute Gasteiger partial charge is 0.333 e. The molecular formula is C25H21N3O2. The number of hydrogen-bond acceptors (Lipinski definition) is 4. The molecule has 2 aromatic carbocycles. The average molecular weight is 395 g/mol. The van der Waals surface area contributed by atoms with E-state index in [-0.39, 0.29) is 12.2 Å². The third kappa shape index (κ3) is 4.01. The summed E-state index contributed by atoms with van der Waals surface area (Å²) >= 11 is 0. The molecule has 0 spiro atoms. The van der Waals surface area contributed by atoms with E-state index in [1.54, 1.807) is 13.0 Å². The molecule has 0 aliphatic rings. The van der Waals surface area contributed by atoms with Gasteiger partial charge in [-0.25, -0.2) is 4.79 Å². The second-order valence-corrected chi connectivity index (χ2v) is 6.95. The Labute approximate surface area is 175 Å². The molecule has 0 unspecified atom stereocenters. The van der Waals surface area contributed by atoms with Crippen molar-refractivity contribution in [1.29, 1.82) is 10.5 Å². The van der Waals surface area contributed by atoms with Gasteiger partial charge in [-0.1, -0.05) is 49.0 Å². The van der Waals surface area contributed by atoms with Crippen LogP contribution in [0.5, 0.6) is 0 Å². The van der Waals surface area contributed by atoms with Crippen molar-refractivity contribution in [1.82, 2.24) is 4.57 Å². The van der Waals surface area contributed by atoms with E-state index in [1.165, 1.54) is 0 Å². The fraction of sp³-hybridized carbons (Fsp3) is 0.160. The number of carbonyl (C=O) groups is 1. The number of aromatic nitrogens is 1.